The van der Waals surface area contributed by atoms with Crippen molar-refractivity contribution in [2.45, 2.75) is 39.2 Å². The zero-order valence-electron chi connectivity index (χ0n) is 12.7. The summed E-state index contributed by atoms with van der Waals surface area (Å²) in [6.07, 6.45) is 3.50. The van der Waals surface area contributed by atoms with Crippen molar-refractivity contribution < 1.29 is 8.42 Å². The fraction of sp³-hybridized carbons (Fsp3) is 1.00. The van der Waals surface area contributed by atoms with Crippen molar-refractivity contribution in [2.75, 3.05) is 39.0 Å². The summed E-state index contributed by atoms with van der Waals surface area (Å²) in [5.41, 5.74) is 5.96. The predicted molar refractivity (Wildman–Crippen MR) is 79.5 cm³/mol. The van der Waals surface area contributed by atoms with Crippen molar-refractivity contribution >= 4 is 10.0 Å². The van der Waals surface area contributed by atoms with E-state index < -0.39 is 10.0 Å². The highest BCUT2D eigenvalue weighted by Gasteiger charge is 2.34. The molecule has 0 amide bonds. The Labute approximate surface area is 118 Å². The molecule has 114 valence electrons. The van der Waals surface area contributed by atoms with Gasteiger partial charge in [-0.2, -0.15) is 4.31 Å². The molecule has 19 heavy (non-hydrogen) atoms. The van der Waals surface area contributed by atoms with Gasteiger partial charge < -0.3 is 5.73 Å². The number of nitrogens with two attached hydrogens (primary N) is 1. The van der Waals surface area contributed by atoms with Gasteiger partial charge in [-0.05, 0) is 25.7 Å². The molecule has 1 fully saturated rings. The summed E-state index contributed by atoms with van der Waals surface area (Å²) >= 11 is 0. The third-order valence-corrected chi connectivity index (χ3v) is 5.47. The van der Waals surface area contributed by atoms with E-state index in [1.807, 2.05) is 0 Å². The van der Waals surface area contributed by atoms with E-state index in [0.29, 0.717) is 25.6 Å². The summed E-state index contributed by atoms with van der Waals surface area (Å²) in [5, 5.41) is 0. The van der Waals surface area contributed by atoms with E-state index in [1.54, 1.807) is 4.31 Å². The molecule has 0 aromatic carbocycles. The second kappa shape index (κ2) is 6.52. The van der Waals surface area contributed by atoms with Gasteiger partial charge in [-0.25, -0.2) is 8.42 Å². The van der Waals surface area contributed by atoms with Crippen LogP contribution in [0.1, 0.15) is 33.6 Å². The summed E-state index contributed by atoms with van der Waals surface area (Å²) in [7, 11) is -3.05. The standard InChI is InChI=1S/C13H29N3O2S/c1-12(2)5-6-13(3,11-14)15-7-9-16(10-8-15)19(4,17)18/h12H,5-11,14H2,1-4H3. The lowest BCUT2D eigenvalue weighted by atomic mass is 9.89. The zero-order chi connectivity index (χ0) is 14.7. The summed E-state index contributed by atoms with van der Waals surface area (Å²) < 4.78 is 24.6. The van der Waals surface area contributed by atoms with Crippen LogP contribution in [0.3, 0.4) is 0 Å². The van der Waals surface area contributed by atoms with Crippen LogP contribution in [-0.4, -0.2) is 62.1 Å². The molecule has 1 atom stereocenters. The summed E-state index contributed by atoms with van der Waals surface area (Å²) in [5.74, 6) is 0.670. The lowest BCUT2D eigenvalue weighted by Crippen LogP contribution is -2.59. The molecule has 1 saturated heterocycles. The first kappa shape index (κ1) is 16.9. The van der Waals surface area contributed by atoms with Crippen molar-refractivity contribution in [1.29, 1.82) is 0 Å². The predicted octanol–water partition coefficient (Wildman–Crippen LogP) is 0.717. The smallest absolute Gasteiger partial charge is 0.211 e. The maximum absolute atomic E-state index is 11.5. The first-order chi connectivity index (χ1) is 8.69. The van der Waals surface area contributed by atoms with Gasteiger partial charge in [0, 0.05) is 38.3 Å². The average molecular weight is 291 g/mol. The fourth-order valence-electron chi connectivity index (χ4n) is 2.55. The maximum atomic E-state index is 11.5. The van der Waals surface area contributed by atoms with Gasteiger partial charge in [0.25, 0.3) is 0 Å². The lowest BCUT2D eigenvalue weighted by Gasteiger charge is -2.45. The minimum absolute atomic E-state index is 0.00609. The quantitative estimate of drug-likeness (QED) is 0.783. The Bertz CT molecular complexity index is 375. The van der Waals surface area contributed by atoms with E-state index in [0.717, 1.165) is 25.9 Å². The summed E-state index contributed by atoms with van der Waals surface area (Å²) in [6.45, 7) is 9.98. The summed E-state index contributed by atoms with van der Waals surface area (Å²) in [4.78, 5) is 2.36. The zero-order valence-corrected chi connectivity index (χ0v) is 13.5. The minimum atomic E-state index is -3.05. The van der Waals surface area contributed by atoms with E-state index in [4.69, 9.17) is 5.73 Å². The second-order valence-electron chi connectivity index (χ2n) is 6.28. The van der Waals surface area contributed by atoms with Gasteiger partial charge in [-0.3, -0.25) is 4.90 Å². The molecule has 1 aliphatic heterocycles. The average Bonchev–Trinajstić information content (AvgIpc) is 2.35. The Morgan fingerprint density at radius 2 is 1.74 bits per heavy atom. The molecular weight excluding hydrogens is 262 g/mol. The van der Waals surface area contributed by atoms with E-state index >= 15 is 0 Å². The van der Waals surface area contributed by atoms with Gasteiger partial charge >= 0.3 is 0 Å². The molecule has 1 heterocycles. The molecule has 1 aliphatic rings. The molecule has 0 aliphatic carbocycles. The SMILES string of the molecule is CC(C)CCC(C)(CN)N1CCN(S(C)(=O)=O)CC1. The van der Waals surface area contributed by atoms with Crippen LogP contribution < -0.4 is 5.73 Å². The number of sulfonamides is 1. The Morgan fingerprint density at radius 3 is 2.11 bits per heavy atom. The third-order valence-electron chi connectivity index (χ3n) is 4.17. The van der Waals surface area contributed by atoms with Crippen molar-refractivity contribution in [3.8, 4) is 0 Å². The number of hydrogen-bond acceptors (Lipinski definition) is 4. The Hall–Kier alpha value is -0.170. The van der Waals surface area contributed by atoms with Crippen LogP contribution in [0.5, 0.6) is 0 Å². The van der Waals surface area contributed by atoms with E-state index in [1.165, 1.54) is 6.26 Å². The molecule has 1 rings (SSSR count). The van der Waals surface area contributed by atoms with Crippen LogP contribution in [0, 0.1) is 5.92 Å². The van der Waals surface area contributed by atoms with E-state index in [2.05, 4.69) is 25.7 Å². The number of rotatable bonds is 6. The number of hydrogen-bond donors (Lipinski definition) is 1. The summed E-state index contributed by atoms with van der Waals surface area (Å²) in [6, 6.07) is 0. The molecule has 0 aromatic heterocycles. The van der Waals surface area contributed by atoms with Crippen molar-refractivity contribution in [1.82, 2.24) is 9.21 Å². The highest BCUT2D eigenvalue weighted by Crippen LogP contribution is 2.24. The number of nitrogens with zero attached hydrogens (tertiary/aromatic N) is 2. The second-order valence-corrected chi connectivity index (χ2v) is 8.27. The van der Waals surface area contributed by atoms with Gasteiger partial charge in [-0.15, -0.1) is 0 Å². The largest absolute Gasteiger partial charge is 0.329 e. The molecule has 0 saturated carbocycles. The molecule has 0 bridgehead atoms. The van der Waals surface area contributed by atoms with Crippen LogP contribution >= 0.6 is 0 Å². The Kier molecular flexibility index (Phi) is 5.79. The lowest BCUT2D eigenvalue weighted by molar-refractivity contribution is 0.0615. The monoisotopic (exact) mass is 291 g/mol. The first-order valence-electron chi connectivity index (χ1n) is 7.09. The van der Waals surface area contributed by atoms with Gasteiger partial charge in [0.05, 0.1) is 6.26 Å². The van der Waals surface area contributed by atoms with Gasteiger partial charge in [0.2, 0.25) is 10.0 Å². The van der Waals surface area contributed by atoms with Crippen LogP contribution in [0.4, 0.5) is 0 Å². The van der Waals surface area contributed by atoms with Gasteiger partial charge in [0.1, 0.15) is 0 Å². The van der Waals surface area contributed by atoms with Gasteiger partial charge in [0.15, 0.2) is 0 Å². The fourth-order valence-corrected chi connectivity index (χ4v) is 3.38. The van der Waals surface area contributed by atoms with Crippen molar-refractivity contribution in [3.63, 3.8) is 0 Å². The maximum Gasteiger partial charge on any atom is 0.211 e. The molecule has 2 N–H and O–H groups in total. The molecule has 0 spiro atoms. The molecule has 0 aromatic rings. The van der Waals surface area contributed by atoms with E-state index in [-0.39, 0.29) is 5.54 Å². The molecular formula is C13H29N3O2S. The topological polar surface area (TPSA) is 66.6 Å². The molecule has 0 radical (unpaired) electrons. The highest BCUT2D eigenvalue weighted by molar-refractivity contribution is 7.88. The molecule has 6 heteroatoms. The van der Waals surface area contributed by atoms with Gasteiger partial charge in [-0.1, -0.05) is 13.8 Å². The van der Waals surface area contributed by atoms with E-state index in [9.17, 15) is 8.42 Å². The molecule has 5 nitrogen and oxygen atoms in total. The van der Waals surface area contributed by atoms with Crippen LogP contribution in [0.2, 0.25) is 0 Å². The Balaban J connectivity index is 2.61. The Morgan fingerprint density at radius 1 is 1.21 bits per heavy atom. The van der Waals surface area contributed by atoms with Crippen LogP contribution in [0.25, 0.3) is 0 Å². The molecule has 1 unspecified atom stereocenters. The van der Waals surface area contributed by atoms with Crippen LogP contribution in [-0.2, 0) is 10.0 Å². The highest BCUT2D eigenvalue weighted by atomic mass is 32.2. The minimum Gasteiger partial charge on any atom is -0.329 e. The normalized spacial score (nSPS) is 22.6. The third kappa shape index (κ3) is 4.70. The van der Waals surface area contributed by atoms with Crippen molar-refractivity contribution in [3.05, 3.63) is 0 Å². The van der Waals surface area contributed by atoms with Crippen molar-refractivity contribution in [2.24, 2.45) is 11.7 Å². The van der Waals surface area contributed by atoms with Crippen LogP contribution in [0.15, 0.2) is 0 Å². The number of piperazine rings is 1. The first-order valence-corrected chi connectivity index (χ1v) is 8.94.